The molecule has 2 heterocycles. The van der Waals surface area contributed by atoms with E-state index >= 15 is 0 Å². The number of methoxy groups -OCH3 is 3. The van der Waals surface area contributed by atoms with Gasteiger partial charge < -0.3 is 0 Å². The third kappa shape index (κ3) is 11.3. The zero-order valence-corrected chi connectivity index (χ0v) is 33.0. The van der Waals surface area contributed by atoms with E-state index in [0.29, 0.717) is 37.1 Å². The molecule has 0 saturated carbocycles. The summed E-state index contributed by atoms with van der Waals surface area (Å²) in [5.41, 5.74) is 3.75. The second-order valence-corrected chi connectivity index (χ2v) is 18.9. The molecule has 14 heteroatoms. The predicted octanol–water partition coefficient (Wildman–Crippen LogP) is 6.58. The summed E-state index contributed by atoms with van der Waals surface area (Å²) in [5, 5.41) is 1.17. The van der Waals surface area contributed by atoms with E-state index in [9.17, 15) is 13.0 Å². The van der Waals surface area contributed by atoms with Crippen LogP contribution in [0.5, 0.6) is 17.2 Å². The van der Waals surface area contributed by atoms with Gasteiger partial charge in [-0.05, 0) is 0 Å². The van der Waals surface area contributed by atoms with Gasteiger partial charge in [0.15, 0.2) is 0 Å². The molecule has 1 unspecified atom stereocenters. The van der Waals surface area contributed by atoms with E-state index in [1.807, 2.05) is 103 Å². The monoisotopic (exact) mass is 831 g/mol. The van der Waals surface area contributed by atoms with Gasteiger partial charge in [-0.15, -0.1) is 0 Å². The van der Waals surface area contributed by atoms with Crippen molar-refractivity contribution in [2.75, 3.05) is 34.5 Å². The van der Waals surface area contributed by atoms with Crippen LogP contribution in [-0.2, 0) is 58.1 Å². The SMILES string of the molecule is COc1ccc(COC[C@@H]2[C@@H](OCc3ccc(OC)cc3)[C@H](OCc3ccc(OC)cc3)C[Se]2C[C@H]2OC(c3ccccc3)OC[C@@H]2OS(=O)(=O)O)cc1. The zero-order chi connectivity index (χ0) is 37.9. The van der Waals surface area contributed by atoms with Crippen LogP contribution < -0.4 is 14.2 Å². The number of rotatable bonds is 18. The van der Waals surface area contributed by atoms with E-state index in [4.69, 9.17) is 42.1 Å². The molecule has 4 aromatic carbocycles. The van der Waals surface area contributed by atoms with Crippen LogP contribution in [0, 0.1) is 0 Å². The van der Waals surface area contributed by atoms with Gasteiger partial charge in [-0.25, -0.2) is 0 Å². The maximum absolute atomic E-state index is 12.0. The third-order valence-electron chi connectivity index (χ3n) is 9.29. The minimum absolute atomic E-state index is 0.0737. The molecule has 0 amide bonds. The minimum atomic E-state index is -4.79. The molecule has 12 nitrogen and oxygen atoms in total. The molecule has 6 rings (SSSR count). The van der Waals surface area contributed by atoms with Crippen molar-refractivity contribution in [2.45, 2.75) is 66.0 Å². The van der Waals surface area contributed by atoms with Crippen molar-refractivity contribution in [3.8, 4) is 17.2 Å². The van der Waals surface area contributed by atoms with Crippen LogP contribution in [0.3, 0.4) is 0 Å². The Kier molecular flexibility index (Phi) is 14.4. The van der Waals surface area contributed by atoms with Crippen LogP contribution in [0.1, 0.15) is 28.5 Å². The standard InChI is InChI=1S/C40H47O12SSe/c1-44-32-15-9-28(10-16-32)21-47-25-38-39(49-23-30-13-19-34(46-3)20-14-30)37(48-22-29-11-17-33(45-2)18-12-29)27-54(38)26-36-35(52-53(41,42)43)24-50-40(51-36)31-7-5-4-6-8-31/h4-20,35-40H,21-27H2,1-3H3,(H,41,42,43)/t35-,36+,37+,38+,39-,40?/m0/s1. The summed E-state index contributed by atoms with van der Waals surface area (Å²) in [5.74, 6) is 2.27. The molecule has 2 aliphatic rings. The zero-order valence-electron chi connectivity index (χ0n) is 30.5. The molecule has 0 bridgehead atoms. The molecule has 4 aromatic rings. The maximum atomic E-state index is 12.0. The molecule has 2 saturated heterocycles. The molecule has 0 aliphatic carbocycles. The van der Waals surface area contributed by atoms with Crippen molar-refractivity contribution in [3.63, 3.8) is 0 Å². The fourth-order valence-electron chi connectivity index (χ4n) is 6.42. The quantitative estimate of drug-likeness (QED) is 0.0857. The molecule has 1 N–H and O–H groups in total. The summed E-state index contributed by atoms with van der Waals surface area (Å²) in [6, 6.07) is 32.7. The average molecular weight is 831 g/mol. The van der Waals surface area contributed by atoms with Crippen molar-refractivity contribution in [2.24, 2.45) is 0 Å². The van der Waals surface area contributed by atoms with E-state index < -0.39 is 42.8 Å². The Morgan fingerprint density at radius 3 is 1.78 bits per heavy atom. The van der Waals surface area contributed by atoms with E-state index in [-0.39, 0.29) is 23.6 Å². The van der Waals surface area contributed by atoms with Crippen molar-refractivity contribution < 1.29 is 55.0 Å². The van der Waals surface area contributed by atoms with Gasteiger partial charge in [0.1, 0.15) is 0 Å². The first-order valence-electron chi connectivity index (χ1n) is 17.5. The van der Waals surface area contributed by atoms with Crippen LogP contribution >= 0.6 is 0 Å². The Bertz CT molecular complexity index is 1830. The molecule has 0 spiro atoms. The van der Waals surface area contributed by atoms with Gasteiger partial charge >= 0.3 is 323 Å². The van der Waals surface area contributed by atoms with Gasteiger partial charge in [-0.3, -0.25) is 0 Å². The van der Waals surface area contributed by atoms with Gasteiger partial charge in [-0.2, -0.15) is 0 Å². The fourth-order valence-corrected chi connectivity index (χ4v) is 13.2. The van der Waals surface area contributed by atoms with Gasteiger partial charge in [0, 0.05) is 0 Å². The fraction of sp³-hybridized carbons (Fsp3) is 0.400. The number of ether oxygens (including phenoxy) is 8. The number of hydrogen-bond acceptors (Lipinski definition) is 11. The Morgan fingerprint density at radius 2 is 1.24 bits per heavy atom. The van der Waals surface area contributed by atoms with Crippen LogP contribution in [0.15, 0.2) is 103 Å². The van der Waals surface area contributed by atoms with Gasteiger partial charge in [0.05, 0.1) is 0 Å². The van der Waals surface area contributed by atoms with Crippen LogP contribution in [0.25, 0.3) is 0 Å². The van der Waals surface area contributed by atoms with Crippen LogP contribution in [0.4, 0.5) is 0 Å². The summed E-state index contributed by atoms with van der Waals surface area (Å²) in [6.45, 7) is 1.36. The Hall–Kier alpha value is -3.53. The second-order valence-electron chi connectivity index (χ2n) is 12.9. The van der Waals surface area contributed by atoms with Crippen LogP contribution in [0.2, 0.25) is 15.5 Å². The van der Waals surface area contributed by atoms with Crippen molar-refractivity contribution in [1.29, 1.82) is 0 Å². The van der Waals surface area contributed by atoms with Gasteiger partial charge in [0.25, 0.3) is 0 Å². The Labute approximate surface area is 321 Å². The summed E-state index contributed by atoms with van der Waals surface area (Å²) in [4.78, 5) is -0.0737. The van der Waals surface area contributed by atoms with Crippen LogP contribution in [-0.4, -0.2) is 85.8 Å². The van der Waals surface area contributed by atoms with E-state index in [1.165, 1.54) is 0 Å². The molecule has 291 valence electrons. The molecule has 6 atom stereocenters. The number of benzene rings is 4. The molecule has 54 heavy (non-hydrogen) atoms. The average Bonchev–Trinajstić information content (AvgIpc) is 3.52. The molecular formula is C40H47O12SSe. The molecule has 2 aliphatic heterocycles. The Balaban J connectivity index is 1.27. The first-order chi connectivity index (χ1) is 26.2. The first-order valence-corrected chi connectivity index (χ1v) is 22.3. The second kappa shape index (κ2) is 19.4. The van der Waals surface area contributed by atoms with Gasteiger partial charge in [0.2, 0.25) is 0 Å². The first kappa shape index (κ1) is 40.1. The van der Waals surface area contributed by atoms with Crippen molar-refractivity contribution in [1.82, 2.24) is 0 Å². The normalized spacial score (nSPS) is 23.3. The summed E-state index contributed by atoms with van der Waals surface area (Å²) in [7, 11) is 0.0979. The topological polar surface area (TPSA) is 137 Å². The van der Waals surface area contributed by atoms with E-state index in [0.717, 1.165) is 39.5 Å². The van der Waals surface area contributed by atoms with E-state index in [1.54, 1.807) is 21.3 Å². The molecular weight excluding hydrogens is 783 g/mol. The summed E-state index contributed by atoms with van der Waals surface area (Å²) in [6.07, 6.45) is -3.14. The van der Waals surface area contributed by atoms with Gasteiger partial charge in [-0.1, -0.05) is 0 Å². The molecule has 2 fully saturated rings. The van der Waals surface area contributed by atoms with Crippen molar-refractivity contribution in [3.05, 3.63) is 125 Å². The molecule has 0 aromatic heterocycles. The summed E-state index contributed by atoms with van der Waals surface area (Å²) < 4.78 is 87.1. The third-order valence-corrected chi connectivity index (χ3v) is 15.6. The van der Waals surface area contributed by atoms with Crippen molar-refractivity contribution >= 4 is 24.3 Å². The van der Waals surface area contributed by atoms with E-state index in [2.05, 4.69) is 0 Å². The number of hydrogen-bond donors (Lipinski definition) is 1. The Morgan fingerprint density at radius 1 is 0.704 bits per heavy atom. The summed E-state index contributed by atoms with van der Waals surface area (Å²) >= 11 is -1.81. The molecule has 1 radical (unpaired) electrons. The predicted molar refractivity (Wildman–Crippen MR) is 201 cm³/mol.